The smallest absolute Gasteiger partial charge is 0.208 e. The Hall–Kier alpha value is -1.58. The third-order valence-electron chi connectivity index (χ3n) is 1.83. The summed E-state index contributed by atoms with van der Waals surface area (Å²) in [7, 11) is -3.12. The number of sulfonamides is 1. The van der Waals surface area contributed by atoms with Crippen LogP contribution in [0.1, 0.15) is 5.56 Å². The van der Waals surface area contributed by atoms with Crippen LogP contribution >= 0.6 is 0 Å². The van der Waals surface area contributed by atoms with E-state index in [1.165, 1.54) is 0 Å². The molecule has 0 amide bonds. The van der Waals surface area contributed by atoms with Crippen LogP contribution in [0.5, 0.6) is 0 Å². The molecule has 0 atom stereocenters. The van der Waals surface area contributed by atoms with Gasteiger partial charge in [0.2, 0.25) is 10.0 Å². The van der Waals surface area contributed by atoms with E-state index in [1.807, 2.05) is 6.07 Å². The van der Waals surface area contributed by atoms with Crippen molar-refractivity contribution in [1.29, 1.82) is 5.26 Å². The Kier molecular flexibility index (Phi) is 4.28. The van der Waals surface area contributed by atoms with Crippen LogP contribution < -0.4 is 10.0 Å². The summed E-state index contributed by atoms with van der Waals surface area (Å²) in [4.78, 5) is 0. The highest BCUT2D eigenvalue weighted by Gasteiger charge is 1.98. The Morgan fingerprint density at radius 3 is 2.38 bits per heavy atom. The molecule has 0 radical (unpaired) electrons. The molecule has 16 heavy (non-hydrogen) atoms. The van der Waals surface area contributed by atoms with E-state index in [1.54, 1.807) is 24.3 Å². The molecule has 0 unspecified atom stereocenters. The second kappa shape index (κ2) is 5.49. The van der Waals surface area contributed by atoms with Gasteiger partial charge in [-0.05, 0) is 24.3 Å². The van der Waals surface area contributed by atoms with Crippen LogP contribution in [0.25, 0.3) is 0 Å². The summed E-state index contributed by atoms with van der Waals surface area (Å²) in [5.74, 6) is 0. The summed E-state index contributed by atoms with van der Waals surface area (Å²) in [5, 5.41) is 11.6. The van der Waals surface area contributed by atoms with Gasteiger partial charge in [-0.2, -0.15) is 5.26 Å². The zero-order chi connectivity index (χ0) is 12.0. The summed E-state index contributed by atoms with van der Waals surface area (Å²) in [5.41, 5.74) is 1.45. The van der Waals surface area contributed by atoms with Gasteiger partial charge in [0.05, 0.1) is 17.9 Å². The van der Waals surface area contributed by atoms with Crippen molar-refractivity contribution in [2.45, 2.75) is 0 Å². The first kappa shape index (κ1) is 12.5. The molecule has 1 rings (SSSR count). The number of nitrogens with one attached hydrogen (secondary N) is 2. The number of benzene rings is 1. The SMILES string of the molecule is CS(=O)(=O)NCCNc1ccc(C#N)cc1. The third-order valence-corrected chi connectivity index (χ3v) is 2.56. The van der Waals surface area contributed by atoms with Gasteiger partial charge >= 0.3 is 0 Å². The van der Waals surface area contributed by atoms with Crippen LogP contribution in [0.2, 0.25) is 0 Å². The van der Waals surface area contributed by atoms with E-state index in [0.717, 1.165) is 11.9 Å². The number of hydrogen-bond donors (Lipinski definition) is 2. The largest absolute Gasteiger partial charge is 0.384 e. The molecule has 0 bridgehead atoms. The standard InChI is InChI=1S/C10H13N3O2S/c1-16(14,15)13-7-6-12-10-4-2-9(8-11)3-5-10/h2-5,12-13H,6-7H2,1H3. The third kappa shape index (κ3) is 4.77. The van der Waals surface area contributed by atoms with Crippen LogP contribution in [0, 0.1) is 11.3 Å². The molecule has 1 aromatic rings. The van der Waals surface area contributed by atoms with Gasteiger partial charge in [0, 0.05) is 18.8 Å². The lowest BCUT2D eigenvalue weighted by Crippen LogP contribution is -2.27. The lowest BCUT2D eigenvalue weighted by molar-refractivity contribution is 0.589. The maximum atomic E-state index is 10.8. The van der Waals surface area contributed by atoms with Crippen LogP contribution in [0.4, 0.5) is 5.69 Å². The van der Waals surface area contributed by atoms with Gasteiger partial charge in [-0.1, -0.05) is 0 Å². The Bertz CT molecular complexity index is 474. The Morgan fingerprint density at radius 1 is 1.25 bits per heavy atom. The lowest BCUT2D eigenvalue weighted by Gasteiger charge is -2.06. The van der Waals surface area contributed by atoms with E-state index in [4.69, 9.17) is 5.26 Å². The van der Waals surface area contributed by atoms with Crippen molar-refractivity contribution in [2.24, 2.45) is 0 Å². The van der Waals surface area contributed by atoms with Gasteiger partial charge in [-0.3, -0.25) is 0 Å². The first-order valence-electron chi connectivity index (χ1n) is 4.70. The number of rotatable bonds is 5. The minimum Gasteiger partial charge on any atom is -0.384 e. The second-order valence-electron chi connectivity index (χ2n) is 3.28. The van der Waals surface area contributed by atoms with Crippen molar-refractivity contribution in [2.75, 3.05) is 24.7 Å². The van der Waals surface area contributed by atoms with Gasteiger partial charge in [-0.15, -0.1) is 0 Å². The number of hydrogen-bond acceptors (Lipinski definition) is 4. The molecule has 0 aliphatic carbocycles. The first-order valence-corrected chi connectivity index (χ1v) is 6.59. The summed E-state index contributed by atoms with van der Waals surface area (Å²) < 4.78 is 23.9. The molecule has 0 aromatic heterocycles. The highest BCUT2D eigenvalue weighted by Crippen LogP contribution is 2.07. The van der Waals surface area contributed by atoms with Crippen molar-refractivity contribution in [3.8, 4) is 6.07 Å². The van der Waals surface area contributed by atoms with E-state index in [0.29, 0.717) is 18.7 Å². The predicted molar refractivity (Wildman–Crippen MR) is 62.5 cm³/mol. The van der Waals surface area contributed by atoms with Crippen molar-refractivity contribution in [1.82, 2.24) is 4.72 Å². The maximum Gasteiger partial charge on any atom is 0.208 e. The molecule has 0 aliphatic rings. The molecular formula is C10H13N3O2S. The van der Waals surface area contributed by atoms with Gasteiger partial charge in [0.15, 0.2) is 0 Å². The summed E-state index contributed by atoms with van der Waals surface area (Å²) in [6, 6.07) is 8.98. The van der Waals surface area contributed by atoms with Crippen LogP contribution in [0.15, 0.2) is 24.3 Å². The van der Waals surface area contributed by atoms with Crippen molar-refractivity contribution in [3.63, 3.8) is 0 Å². The molecule has 86 valence electrons. The molecule has 2 N–H and O–H groups in total. The quantitative estimate of drug-likeness (QED) is 0.734. The second-order valence-corrected chi connectivity index (χ2v) is 5.12. The Balaban J connectivity index is 2.36. The first-order chi connectivity index (χ1) is 7.51. The molecular weight excluding hydrogens is 226 g/mol. The number of nitrogens with zero attached hydrogens (tertiary/aromatic N) is 1. The van der Waals surface area contributed by atoms with Crippen LogP contribution in [-0.2, 0) is 10.0 Å². The molecule has 0 saturated carbocycles. The Morgan fingerprint density at radius 2 is 1.88 bits per heavy atom. The monoisotopic (exact) mass is 239 g/mol. The van der Waals surface area contributed by atoms with Crippen molar-refractivity contribution in [3.05, 3.63) is 29.8 Å². The zero-order valence-corrected chi connectivity index (χ0v) is 9.71. The molecule has 0 spiro atoms. The van der Waals surface area contributed by atoms with E-state index in [9.17, 15) is 8.42 Å². The van der Waals surface area contributed by atoms with Crippen molar-refractivity contribution < 1.29 is 8.42 Å². The van der Waals surface area contributed by atoms with Crippen molar-refractivity contribution >= 4 is 15.7 Å². The fraction of sp³-hybridized carbons (Fsp3) is 0.300. The van der Waals surface area contributed by atoms with Gasteiger partial charge < -0.3 is 5.32 Å². The molecule has 0 aliphatic heterocycles. The molecule has 5 nitrogen and oxygen atoms in total. The molecule has 0 saturated heterocycles. The zero-order valence-electron chi connectivity index (χ0n) is 8.90. The summed E-state index contributed by atoms with van der Waals surface area (Å²) in [6.45, 7) is 0.831. The average molecular weight is 239 g/mol. The topological polar surface area (TPSA) is 82.0 Å². The van der Waals surface area contributed by atoms with E-state index >= 15 is 0 Å². The lowest BCUT2D eigenvalue weighted by atomic mass is 10.2. The number of nitriles is 1. The maximum absolute atomic E-state index is 10.8. The van der Waals surface area contributed by atoms with Crippen LogP contribution in [0.3, 0.4) is 0 Å². The van der Waals surface area contributed by atoms with Gasteiger partial charge in [-0.25, -0.2) is 13.1 Å². The number of anilines is 1. The molecule has 1 aromatic carbocycles. The fourth-order valence-corrected chi connectivity index (χ4v) is 1.58. The van der Waals surface area contributed by atoms with Gasteiger partial charge in [0.1, 0.15) is 0 Å². The van der Waals surface area contributed by atoms with Gasteiger partial charge in [0.25, 0.3) is 0 Å². The summed E-state index contributed by atoms with van der Waals surface area (Å²) >= 11 is 0. The fourth-order valence-electron chi connectivity index (χ4n) is 1.11. The average Bonchev–Trinajstić information content (AvgIpc) is 2.24. The predicted octanol–water partition coefficient (Wildman–Crippen LogP) is 0.519. The molecule has 6 heteroatoms. The minimum absolute atomic E-state index is 0.332. The molecule has 0 fully saturated rings. The van der Waals surface area contributed by atoms with E-state index < -0.39 is 10.0 Å². The van der Waals surface area contributed by atoms with E-state index in [2.05, 4.69) is 10.0 Å². The summed E-state index contributed by atoms with van der Waals surface area (Å²) in [6.07, 6.45) is 1.12. The Labute approximate surface area is 95.1 Å². The normalized spacial score (nSPS) is 10.8. The highest BCUT2D eigenvalue weighted by molar-refractivity contribution is 7.88. The molecule has 0 heterocycles. The van der Waals surface area contributed by atoms with Crippen LogP contribution in [-0.4, -0.2) is 27.8 Å². The minimum atomic E-state index is -3.12. The highest BCUT2D eigenvalue weighted by atomic mass is 32.2. The van der Waals surface area contributed by atoms with E-state index in [-0.39, 0.29) is 0 Å².